The summed E-state index contributed by atoms with van der Waals surface area (Å²) in [5.74, 6) is 1.49. The first kappa shape index (κ1) is 15.8. The predicted molar refractivity (Wildman–Crippen MR) is 80.6 cm³/mol. The number of hydrogen-bond donors (Lipinski definition) is 1. The molecule has 2 aliphatic rings. The van der Waals surface area contributed by atoms with Gasteiger partial charge in [0.1, 0.15) is 0 Å². The first-order valence-corrected chi connectivity index (χ1v) is 8.13. The van der Waals surface area contributed by atoms with Gasteiger partial charge in [-0.15, -0.1) is 0 Å². The Morgan fingerprint density at radius 1 is 1.15 bits per heavy atom. The predicted octanol–water partition coefficient (Wildman–Crippen LogP) is 2.04. The average Bonchev–Trinajstić information content (AvgIpc) is 2.33. The van der Waals surface area contributed by atoms with Gasteiger partial charge in [0.05, 0.1) is 18.8 Å². The molecule has 20 heavy (non-hydrogen) atoms. The van der Waals surface area contributed by atoms with E-state index in [2.05, 4.69) is 37.9 Å². The molecule has 1 aliphatic heterocycles. The summed E-state index contributed by atoms with van der Waals surface area (Å²) in [6, 6.07) is 0.363. The third-order valence-corrected chi connectivity index (χ3v) is 4.92. The molecule has 0 aromatic carbocycles. The number of hydrogen-bond acceptors (Lipinski definition) is 3. The van der Waals surface area contributed by atoms with Crippen LogP contribution in [0.2, 0.25) is 0 Å². The third-order valence-electron chi connectivity index (χ3n) is 4.92. The lowest BCUT2D eigenvalue weighted by Gasteiger charge is -2.37. The second kappa shape index (κ2) is 6.90. The van der Waals surface area contributed by atoms with E-state index in [1.165, 1.54) is 12.8 Å². The summed E-state index contributed by atoms with van der Waals surface area (Å²) in [5, 5.41) is 3.25. The van der Waals surface area contributed by atoms with Gasteiger partial charge in [-0.05, 0) is 32.1 Å². The number of carbonyl (C=O) groups is 1. The van der Waals surface area contributed by atoms with Crippen LogP contribution in [0.1, 0.15) is 47.0 Å². The minimum atomic E-state index is 0.178. The van der Waals surface area contributed by atoms with Crippen molar-refractivity contribution in [3.8, 4) is 0 Å². The molecule has 0 aromatic rings. The highest BCUT2D eigenvalue weighted by Crippen LogP contribution is 2.29. The fraction of sp³-hybridized carbons (Fsp3) is 0.938. The second-order valence-corrected chi connectivity index (χ2v) is 6.89. The monoisotopic (exact) mass is 282 g/mol. The minimum Gasteiger partial charge on any atom is -0.373 e. The van der Waals surface area contributed by atoms with Gasteiger partial charge in [0.2, 0.25) is 5.91 Å². The van der Waals surface area contributed by atoms with E-state index in [1.54, 1.807) is 0 Å². The molecule has 4 heteroatoms. The topological polar surface area (TPSA) is 41.6 Å². The molecule has 1 N–H and O–H groups in total. The SMILES string of the molecule is C[C@H]1[C@@H](C)CCC[C@H]1NC(=O)CN1C[C@@H](C)O[C@H](C)C1. The van der Waals surface area contributed by atoms with Crippen LogP contribution in [0, 0.1) is 11.8 Å². The maximum absolute atomic E-state index is 12.3. The van der Waals surface area contributed by atoms with Crippen molar-refractivity contribution < 1.29 is 9.53 Å². The summed E-state index contributed by atoms with van der Waals surface area (Å²) in [6.45, 7) is 10.9. The molecule has 1 aliphatic carbocycles. The Labute approximate surface area is 123 Å². The van der Waals surface area contributed by atoms with Crippen LogP contribution in [0.4, 0.5) is 0 Å². The Balaban J connectivity index is 1.80. The molecular formula is C16H30N2O2. The van der Waals surface area contributed by atoms with Crippen LogP contribution < -0.4 is 5.32 Å². The maximum Gasteiger partial charge on any atom is 0.234 e. The van der Waals surface area contributed by atoms with Gasteiger partial charge in [-0.3, -0.25) is 9.69 Å². The van der Waals surface area contributed by atoms with Crippen molar-refractivity contribution in [2.24, 2.45) is 11.8 Å². The number of nitrogens with zero attached hydrogens (tertiary/aromatic N) is 1. The third kappa shape index (κ3) is 4.19. The second-order valence-electron chi connectivity index (χ2n) is 6.89. The van der Waals surface area contributed by atoms with Gasteiger partial charge >= 0.3 is 0 Å². The Bertz CT molecular complexity index is 324. The van der Waals surface area contributed by atoms with Gasteiger partial charge in [-0.1, -0.05) is 26.7 Å². The number of morpholine rings is 1. The Morgan fingerprint density at radius 2 is 1.80 bits per heavy atom. The lowest BCUT2D eigenvalue weighted by Crippen LogP contribution is -2.51. The molecule has 1 amide bonds. The van der Waals surface area contributed by atoms with Gasteiger partial charge in [0.15, 0.2) is 0 Å². The van der Waals surface area contributed by atoms with Crippen LogP contribution >= 0.6 is 0 Å². The number of nitrogens with one attached hydrogen (secondary N) is 1. The number of amides is 1. The summed E-state index contributed by atoms with van der Waals surface area (Å²) < 4.78 is 5.71. The van der Waals surface area contributed by atoms with Crippen LogP contribution in [0.25, 0.3) is 0 Å². The van der Waals surface area contributed by atoms with Crippen LogP contribution in [0.3, 0.4) is 0 Å². The zero-order chi connectivity index (χ0) is 14.7. The molecule has 2 rings (SSSR count). The van der Waals surface area contributed by atoms with Crippen LogP contribution in [0.15, 0.2) is 0 Å². The molecule has 0 bridgehead atoms. The lowest BCUT2D eigenvalue weighted by molar-refractivity contribution is -0.127. The highest BCUT2D eigenvalue weighted by molar-refractivity contribution is 5.78. The summed E-state index contributed by atoms with van der Waals surface area (Å²) in [5.41, 5.74) is 0. The van der Waals surface area contributed by atoms with Gasteiger partial charge in [0.25, 0.3) is 0 Å². The minimum absolute atomic E-state index is 0.178. The van der Waals surface area contributed by atoms with Crippen molar-refractivity contribution >= 4 is 5.91 Å². The molecule has 116 valence electrons. The molecule has 0 radical (unpaired) electrons. The highest BCUT2D eigenvalue weighted by Gasteiger charge is 2.29. The standard InChI is InChI=1S/C16H30N2O2/c1-11-6-5-7-15(14(11)4)17-16(19)10-18-8-12(2)20-13(3)9-18/h11-15H,5-10H2,1-4H3,(H,17,19)/t11-,12+,13+,14-,15+/m0/s1. The lowest BCUT2D eigenvalue weighted by atomic mass is 9.78. The van der Waals surface area contributed by atoms with E-state index in [0.29, 0.717) is 18.5 Å². The number of carbonyl (C=O) groups excluding carboxylic acids is 1. The Hall–Kier alpha value is -0.610. The zero-order valence-electron chi connectivity index (χ0n) is 13.4. The van der Waals surface area contributed by atoms with Crippen molar-refractivity contribution in [3.63, 3.8) is 0 Å². The van der Waals surface area contributed by atoms with Gasteiger partial charge in [-0.2, -0.15) is 0 Å². The van der Waals surface area contributed by atoms with E-state index in [4.69, 9.17) is 4.74 Å². The first-order valence-electron chi connectivity index (χ1n) is 8.13. The van der Waals surface area contributed by atoms with Gasteiger partial charge < -0.3 is 10.1 Å². The molecule has 4 nitrogen and oxygen atoms in total. The van der Waals surface area contributed by atoms with Crippen molar-refractivity contribution in [1.29, 1.82) is 0 Å². The van der Waals surface area contributed by atoms with Crippen molar-refractivity contribution in [2.75, 3.05) is 19.6 Å². The van der Waals surface area contributed by atoms with E-state index in [1.807, 2.05) is 0 Å². The number of ether oxygens (including phenoxy) is 1. The van der Waals surface area contributed by atoms with Gasteiger partial charge in [-0.25, -0.2) is 0 Å². The molecule has 1 saturated carbocycles. The summed E-state index contributed by atoms with van der Waals surface area (Å²) in [6.07, 6.45) is 4.11. The van der Waals surface area contributed by atoms with E-state index < -0.39 is 0 Å². The summed E-state index contributed by atoms with van der Waals surface area (Å²) >= 11 is 0. The molecule has 5 atom stereocenters. The molecular weight excluding hydrogens is 252 g/mol. The quantitative estimate of drug-likeness (QED) is 0.861. The summed E-state index contributed by atoms with van der Waals surface area (Å²) in [4.78, 5) is 14.5. The largest absolute Gasteiger partial charge is 0.373 e. The fourth-order valence-electron chi connectivity index (χ4n) is 3.65. The highest BCUT2D eigenvalue weighted by atomic mass is 16.5. The van der Waals surface area contributed by atoms with Crippen molar-refractivity contribution in [2.45, 2.75) is 65.2 Å². The van der Waals surface area contributed by atoms with Gasteiger partial charge in [0, 0.05) is 19.1 Å². The molecule has 0 unspecified atom stereocenters. The Kier molecular flexibility index (Phi) is 5.44. The maximum atomic E-state index is 12.3. The average molecular weight is 282 g/mol. The fourth-order valence-corrected chi connectivity index (χ4v) is 3.65. The van der Waals surface area contributed by atoms with Crippen molar-refractivity contribution in [3.05, 3.63) is 0 Å². The van der Waals surface area contributed by atoms with Crippen LogP contribution in [-0.4, -0.2) is 48.7 Å². The normalized spacial score (nSPS) is 39.5. The molecule has 1 heterocycles. The number of rotatable bonds is 3. The Morgan fingerprint density at radius 3 is 2.45 bits per heavy atom. The van der Waals surface area contributed by atoms with E-state index in [0.717, 1.165) is 25.4 Å². The molecule has 2 fully saturated rings. The van der Waals surface area contributed by atoms with Crippen LogP contribution in [-0.2, 0) is 9.53 Å². The van der Waals surface area contributed by atoms with Crippen LogP contribution in [0.5, 0.6) is 0 Å². The van der Waals surface area contributed by atoms with E-state index in [-0.39, 0.29) is 18.1 Å². The van der Waals surface area contributed by atoms with Crippen molar-refractivity contribution in [1.82, 2.24) is 10.2 Å². The van der Waals surface area contributed by atoms with E-state index >= 15 is 0 Å². The molecule has 1 saturated heterocycles. The van der Waals surface area contributed by atoms with E-state index in [9.17, 15) is 4.79 Å². The smallest absolute Gasteiger partial charge is 0.234 e. The molecule has 0 spiro atoms. The molecule has 0 aromatic heterocycles. The first-order chi connectivity index (χ1) is 9.45. The summed E-state index contributed by atoms with van der Waals surface area (Å²) in [7, 11) is 0. The zero-order valence-corrected chi connectivity index (χ0v) is 13.4.